The molecule has 1 amide bonds. The summed E-state index contributed by atoms with van der Waals surface area (Å²) >= 11 is 2.65. The second-order valence-corrected chi connectivity index (χ2v) is 10.4. The Hall–Kier alpha value is -2.21. The van der Waals surface area contributed by atoms with Crippen LogP contribution in [0.3, 0.4) is 0 Å². The molecule has 8 nitrogen and oxygen atoms in total. The molecule has 1 fully saturated rings. The van der Waals surface area contributed by atoms with Crippen LogP contribution >= 0.6 is 23.1 Å². The minimum absolute atomic E-state index is 0.0398. The average molecular weight is 469 g/mol. The van der Waals surface area contributed by atoms with E-state index in [4.69, 9.17) is 4.74 Å². The molecule has 0 bridgehead atoms. The Balaban J connectivity index is 1.65. The first kappa shape index (κ1) is 22.5. The van der Waals surface area contributed by atoms with Gasteiger partial charge in [0.25, 0.3) is 0 Å². The van der Waals surface area contributed by atoms with Crippen molar-refractivity contribution in [3.63, 3.8) is 0 Å². The predicted octanol–water partition coefficient (Wildman–Crippen LogP) is 2.48. The molecule has 0 atom stereocenters. The van der Waals surface area contributed by atoms with Gasteiger partial charge in [0.2, 0.25) is 15.9 Å². The highest BCUT2D eigenvalue weighted by Crippen LogP contribution is 2.27. The molecule has 1 aliphatic rings. The van der Waals surface area contributed by atoms with Crippen LogP contribution in [0.2, 0.25) is 0 Å². The third-order valence-corrected chi connectivity index (χ3v) is 8.17. The van der Waals surface area contributed by atoms with E-state index in [0.717, 1.165) is 11.3 Å². The fourth-order valence-electron chi connectivity index (χ4n) is 2.80. The predicted molar refractivity (Wildman–Crippen MR) is 116 cm³/mol. The Morgan fingerprint density at radius 3 is 2.40 bits per heavy atom. The van der Waals surface area contributed by atoms with Crippen molar-refractivity contribution in [1.82, 2.24) is 4.31 Å². The van der Waals surface area contributed by atoms with Crippen LogP contribution in [0.1, 0.15) is 27.0 Å². The van der Waals surface area contributed by atoms with Gasteiger partial charge in [0.15, 0.2) is 12.4 Å². The lowest BCUT2D eigenvalue weighted by Crippen LogP contribution is -2.38. The first-order valence-corrected chi connectivity index (χ1v) is 12.5. The number of carbonyl (C=O) groups excluding carboxylic acids is 3. The number of Topliss-reactive ketones (excluding diaryl/α,β-unsaturated/α-hetero) is 1. The zero-order valence-corrected chi connectivity index (χ0v) is 18.6. The first-order valence-electron chi connectivity index (χ1n) is 9.02. The lowest BCUT2D eigenvalue weighted by atomic mass is 10.1. The smallest absolute Gasteiger partial charge is 0.350 e. The average Bonchev–Trinajstić information content (AvgIpc) is 3.23. The summed E-state index contributed by atoms with van der Waals surface area (Å²) in [6, 6.07) is 7.54. The van der Waals surface area contributed by atoms with Crippen LogP contribution in [-0.2, 0) is 19.6 Å². The van der Waals surface area contributed by atoms with Crippen molar-refractivity contribution < 1.29 is 27.5 Å². The number of thiophene rings is 1. The molecular weight excluding hydrogens is 448 g/mol. The number of amides is 1. The number of benzene rings is 1. The van der Waals surface area contributed by atoms with Crippen LogP contribution in [-0.4, -0.2) is 61.6 Å². The van der Waals surface area contributed by atoms with Crippen LogP contribution in [0.15, 0.2) is 40.6 Å². The number of thioether (sulfide) groups is 1. The number of anilines is 1. The number of esters is 1. The van der Waals surface area contributed by atoms with Crippen molar-refractivity contribution in [1.29, 1.82) is 0 Å². The minimum Gasteiger partial charge on any atom is -0.453 e. The highest BCUT2D eigenvalue weighted by Gasteiger charge is 2.31. The summed E-state index contributed by atoms with van der Waals surface area (Å²) < 4.78 is 32.2. The zero-order valence-electron chi connectivity index (χ0n) is 16.1. The summed E-state index contributed by atoms with van der Waals surface area (Å²) in [7, 11) is -3.79. The molecule has 1 N–H and O–H groups in total. The molecule has 30 heavy (non-hydrogen) atoms. The van der Waals surface area contributed by atoms with Crippen LogP contribution in [0.4, 0.5) is 5.69 Å². The van der Waals surface area contributed by atoms with Gasteiger partial charge in [-0.3, -0.25) is 9.59 Å². The molecule has 1 saturated heterocycles. The van der Waals surface area contributed by atoms with Crippen molar-refractivity contribution in [3.05, 3.63) is 46.2 Å². The van der Waals surface area contributed by atoms with Gasteiger partial charge < -0.3 is 10.1 Å². The lowest BCUT2D eigenvalue weighted by Gasteiger charge is -2.25. The number of hydrogen-bond acceptors (Lipinski definition) is 8. The van der Waals surface area contributed by atoms with Crippen molar-refractivity contribution in [2.45, 2.75) is 11.8 Å². The van der Waals surface area contributed by atoms with Crippen LogP contribution < -0.4 is 5.32 Å². The molecule has 1 aromatic carbocycles. The summed E-state index contributed by atoms with van der Waals surface area (Å²) in [6.07, 6.45) is 0. The third-order valence-electron chi connectivity index (χ3n) is 4.26. The van der Waals surface area contributed by atoms with Gasteiger partial charge >= 0.3 is 5.97 Å². The summed E-state index contributed by atoms with van der Waals surface area (Å²) in [4.78, 5) is 35.7. The maximum absolute atomic E-state index is 12.9. The standard InChI is InChI=1S/C19H20N2O6S3/c1-13(22)20-15-4-2-14(3-5-15)16(23)12-27-19(24)18-17(6-9-29-18)30(25,26)21-7-10-28-11-8-21/h2-6,9H,7-8,10-12H2,1H3,(H,20,22). The Morgan fingerprint density at radius 2 is 1.77 bits per heavy atom. The number of carbonyl (C=O) groups is 3. The quantitative estimate of drug-likeness (QED) is 0.491. The second-order valence-electron chi connectivity index (χ2n) is 6.39. The topological polar surface area (TPSA) is 110 Å². The number of nitrogens with zero attached hydrogens (tertiary/aromatic N) is 1. The van der Waals surface area contributed by atoms with Gasteiger partial charge in [-0.15, -0.1) is 11.3 Å². The van der Waals surface area contributed by atoms with Crippen molar-refractivity contribution in [3.8, 4) is 0 Å². The van der Waals surface area contributed by atoms with Gasteiger partial charge in [0, 0.05) is 42.8 Å². The minimum atomic E-state index is -3.79. The number of nitrogens with one attached hydrogen (secondary N) is 1. The van der Waals surface area contributed by atoms with Gasteiger partial charge in [-0.05, 0) is 35.7 Å². The molecule has 11 heteroatoms. The van der Waals surface area contributed by atoms with E-state index < -0.39 is 28.4 Å². The van der Waals surface area contributed by atoms with Crippen molar-refractivity contribution in [2.75, 3.05) is 36.5 Å². The number of hydrogen-bond donors (Lipinski definition) is 1. The van der Waals surface area contributed by atoms with Gasteiger partial charge in [0.1, 0.15) is 9.77 Å². The Labute approximate surface area is 182 Å². The Morgan fingerprint density at radius 1 is 1.10 bits per heavy atom. The molecule has 0 spiro atoms. The second kappa shape index (κ2) is 9.73. The normalized spacial score (nSPS) is 14.8. The summed E-state index contributed by atoms with van der Waals surface area (Å²) in [5.41, 5.74) is 0.849. The number of sulfonamides is 1. The molecular formula is C19H20N2O6S3. The van der Waals surface area contributed by atoms with Gasteiger partial charge in [-0.25, -0.2) is 13.2 Å². The largest absolute Gasteiger partial charge is 0.453 e. The van der Waals surface area contributed by atoms with Gasteiger partial charge in [-0.2, -0.15) is 16.1 Å². The molecule has 0 aliphatic carbocycles. The van der Waals surface area contributed by atoms with Crippen molar-refractivity contribution >= 4 is 56.5 Å². The lowest BCUT2D eigenvalue weighted by molar-refractivity contribution is -0.114. The number of ketones is 1. The van der Waals surface area contributed by atoms with E-state index in [0.29, 0.717) is 35.8 Å². The summed E-state index contributed by atoms with van der Waals surface area (Å²) in [6.45, 7) is 1.65. The van der Waals surface area contributed by atoms with Gasteiger partial charge in [-0.1, -0.05) is 0 Å². The van der Waals surface area contributed by atoms with E-state index in [1.807, 2.05) is 0 Å². The number of ether oxygens (including phenoxy) is 1. The SMILES string of the molecule is CC(=O)Nc1ccc(C(=O)COC(=O)c2sccc2S(=O)(=O)N2CCSCC2)cc1. The van der Waals surface area contributed by atoms with E-state index in [2.05, 4.69) is 5.32 Å². The Bertz CT molecular complexity index is 1040. The first-order chi connectivity index (χ1) is 14.3. The summed E-state index contributed by atoms with van der Waals surface area (Å²) in [5.74, 6) is -0.102. The maximum atomic E-state index is 12.9. The van der Waals surface area contributed by atoms with E-state index in [1.165, 1.54) is 34.8 Å². The molecule has 3 rings (SSSR count). The molecule has 2 aromatic rings. The fourth-order valence-corrected chi connectivity index (χ4v) is 6.66. The highest BCUT2D eigenvalue weighted by atomic mass is 32.2. The van der Waals surface area contributed by atoms with E-state index in [1.54, 1.807) is 23.9 Å². The zero-order chi connectivity index (χ0) is 21.7. The van der Waals surface area contributed by atoms with Crippen molar-refractivity contribution in [2.24, 2.45) is 0 Å². The molecule has 0 unspecified atom stereocenters. The highest BCUT2D eigenvalue weighted by molar-refractivity contribution is 7.99. The Kier molecular flexibility index (Phi) is 7.29. The molecule has 2 heterocycles. The fraction of sp³-hybridized carbons (Fsp3) is 0.316. The molecule has 0 saturated carbocycles. The van der Waals surface area contributed by atoms with E-state index in [-0.39, 0.29) is 15.7 Å². The van der Waals surface area contributed by atoms with Crippen LogP contribution in [0, 0.1) is 0 Å². The van der Waals surface area contributed by atoms with E-state index in [9.17, 15) is 22.8 Å². The number of rotatable bonds is 7. The molecule has 1 aliphatic heterocycles. The summed E-state index contributed by atoms with van der Waals surface area (Å²) in [5, 5.41) is 4.11. The third kappa shape index (κ3) is 5.28. The molecule has 0 radical (unpaired) electrons. The van der Waals surface area contributed by atoms with E-state index >= 15 is 0 Å². The van der Waals surface area contributed by atoms with Crippen LogP contribution in [0.25, 0.3) is 0 Å². The van der Waals surface area contributed by atoms with Gasteiger partial charge in [0.05, 0.1) is 0 Å². The van der Waals surface area contributed by atoms with Crippen LogP contribution in [0.5, 0.6) is 0 Å². The molecule has 160 valence electrons. The molecule has 1 aromatic heterocycles. The monoisotopic (exact) mass is 468 g/mol. The maximum Gasteiger partial charge on any atom is 0.350 e.